The van der Waals surface area contributed by atoms with Gasteiger partial charge in [0.2, 0.25) is 0 Å². The van der Waals surface area contributed by atoms with Crippen molar-refractivity contribution in [1.29, 1.82) is 0 Å². The SMILES string of the molecule is O=Cc1cc(OC(F)F)c(Cl)cc1Cl. The Morgan fingerprint density at radius 1 is 1.29 bits per heavy atom. The Hall–Kier alpha value is -0.870. The third-order valence-corrected chi connectivity index (χ3v) is 2.02. The smallest absolute Gasteiger partial charge is 0.387 e. The molecule has 1 aromatic carbocycles. The summed E-state index contributed by atoms with van der Waals surface area (Å²) >= 11 is 11.1. The summed E-state index contributed by atoms with van der Waals surface area (Å²) in [5.41, 5.74) is 0.0479. The van der Waals surface area contributed by atoms with Gasteiger partial charge in [-0.1, -0.05) is 23.2 Å². The zero-order valence-electron chi connectivity index (χ0n) is 6.64. The van der Waals surface area contributed by atoms with Crippen LogP contribution in [0.25, 0.3) is 0 Å². The maximum absolute atomic E-state index is 11.8. The van der Waals surface area contributed by atoms with Crippen LogP contribution in [0.1, 0.15) is 10.4 Å². The molecule has 76 valence electrons. The lowest BCUT2D eigenvalue weighted by Crippen LogP contribution is -2.03. The minimum Gasteiger partial charge on any atom is -0.433 e. The van der Waals surface area contributed by atoms with Crippen molar-refractivity contribution in [3.8, 4) is 5.75 Å². The van der Waals surface area contributed by atoms with Gasteiger partial charge in [0.15, 0.2) is 6.29 Å². The third-order valence-electron chi connectivity index (χ3n) is 1.39. The molecule has 1 rings (SSSR count). The lowest BCUT2D eigenvalue weighted by molar-refractivity contribution is -0.0498. The topological polar surface area (TPSA) is 26.3 Å². The Balaban J connectivity index is 3.10. The van der Waals surface area contributed by atoms with Gasteiger partial charge in [0, 0.05) is 5.56 Å². The molecule has 0 saturated heterocycles. The van der Waals surface area contributed by atoms with Crippen LogP contribution in [0.15, 0.2) is 12.1 Å². The molecule has 0 aliphatic heterocycles. The van der Waals surface area contributed by atoms with Crippen LogP contribution in [0.3, 0.4) is 0 Å². The number of carbonyl (C=O) groups excluding carboxylic acids is 1. The molecule has 0 aliphatic carbocycles. The van der Waals surface area contributed by atoms with Gasteiger partial charge in [-0.3, -0.25) is 4.79 Å². The molecule has 0 bridgehead atoms. The standard InChI is InChI=1S/C8H4Cl2F2O2/c9-5-2-6(10)7(14-8(11)12)1-4(5)3-13/h1-3,8H. The van der Waals surface area contributed by atoms with Gasteiger partial charge >= 0.3 is 6.61 Å². The van der Waals surface area contributed by atoms with Crippen molar-refractivity contribution in [1.82, 2.24) is 0 Å². The van der Waals surface area contributed by atoms with Crippen molar-refractivity contribution in [2.75, 3.05) is 0 Å². The van der Waals surface area contributed by atoms with Crippen LogP contribution in [0.2, 0.25) is 10.0 Å². The van der Waals surface area contributed by atoms with Gasteiger partial charge in [0.05, 0.1) is 10.0 Å². The van der Waals surface area contributed by atoms with Crippen molar-refractivity contribution in [3.05, 3.63) is 27.7 Å². The highest BCUT2D eigenvalue weighted by Crippen LogP contribution is 2.31. The monoisotopic (exact) mass is 240 g/mol. The summed E-state index contributed by atoms with van der Waals surface area (Å²) in [7, 11) is 0. The van der Waals surface area contributed by atoms with Gasteiger partial charge in [-0.2, -0.15) is 8.78 Å². The summed E-state index contributed by atoms with van der Waals surface area (Å²) in [6, 6.07) is 2.23. The fourth-order valence-corrected chi connectivity index (χ4v) is 1.29. The van der Waals surface area contributed by atoms with Crippen LogP contribution >= 0.6 is 23.2 Å². The average molecular weight is 241 g/mol. The van der Waals surface area contributed by atoms with Crippen LogP contribution < -0.4 is 4.74 Å². The fourth-order valence-electron chi connectivity index (χ4n) is 0.821. The number of halogens is 4. The Morgan fingerprint density at radius 3 is 2.43 bits per heavy atom. The lowest BCUT2D eigenvalue weighted by atomic mass is 10.2. The molecular formula is C8H4Cl2F2O2. The summed E-state index contributed by atoms with van der Waals surface area (Å²) in [5, 5.41) is 0.0208. The quantitative estimate of drug-likeness (QED) is 0.758. The minimum atomic E-state index is -2.99. The Kier molecular flexibility index (Phi) is 3.66. The zero-order valence-corrected chi connectivity index (χ0v) is 8.15. The van der Waals surface area contributed by atoms with E-state index < -0.39 is 6.61 Å². The van der Waals surface area contributed by atoms with Crippen LogP contribution in [0.4, 0.5) is 8.78 Å². The normalized spacial score (nSPS) is 10.4. The Labute approximate surface area is 88.4 Å². The molecule has 0 saturated carbocycles. The second-order valence-corrected chi connectivity index (χ2v) is 3.11. The van der Waals surface area contributed by atoms with E-state index >= 15 is 0 Å². The predicted octanol–water partition coefficient (Wildman–Crippen LogP) is 3.41. The number of alkyl halides is 2. The molecule has 6 heteroatoms. The Morgan fingerprint density at radius 2 is 1.93 bits per heavy atom. The van der Waals surface area contributed by atoms with Gasteiger partial charge < -0.3 is 4.74 Å². The molecule has 2 nitrogen and oxygen atoms in total. The van der Waals surface area contributed by atoms with E-state index in [0.717, 1.165) is 6.07 Å². The number of hydrogen-bond donors (Lipinski definition) is 0. The highest BCUT2D eigenvalue weighted by Gasteiger charge is 2.11. The first kappa shape index (κ1) is 11.2. The molecular weight excluding hydrogens is 237 g/mol. The zero-order chi connectivity index (χ0) is 10.7. The first-order chi connectivity index (χ1) is 6.54. The summed E-state index contributed by atoms with van der Waals surface area (Å²) in [4.78, 5) is 10.4. The third kappa shape index (κ3) is 2.56. The second-order valence-electron chi connectivity index (χ2n) is 2.30. The number of aldehydes is 1. The number of ether oxygens (including phenoxy) is 1. The highest BCUT2D eigenvalue weighted by atomic mass is 35.5. The molecule has 0 aliphatic rings. The predicted molar refractivity (Wildman–Crippen MR) is 48.5 cm³/mol. The van der Waals surface area contributed by atoms with Crippen molar-refractivity contribution >= 4 is 29.5 Å². The summed E-state index contributed by atoms with van der Waals surface area (Å²) in [5.74, 6) is -0.270. The van der Waals surface area contributed by atoms with E-state index in [1.807, 2.05) is 0 Å². The van der Waals surface area contributed by atoms with E-state index in [1.165, 1.54) is 6.07 Å². The minimum absolute atomic E-state index is 0.0479. The van der Waals surface area contributed by atoms with E-state index in [9.17, 15) is 13.6 Å². The molecule has 1 aromatic rings. The molecule has 0 aromatic heterocycles. The van der Waals surface area contributed by atoms with Crippen molar-refractivity contribution < 1.29 is 18.3 Å². The lowest BCUT2D eigenvalue weighted by Gasteiger charge is -2.07. The van der Waals surface area contributed by atoms with E-state index in [4.69, 9.17) is 23.2 Å². The molecule has 0 unspecified atom stereocenters. The number of rotatable bonds is 3. The van der Waals surface area contributed by atoms with Crippen LogP contribution in [0.5, 0.6) is 5.75 Å². The van der Waals surface area contributed by atoms with E-state index in [0.29, 0.717) is 6.29 Å². The first-order valence-corrected chi connectivity index (χ1v) is 4.19. The summed E-state index contributed by atoms with van der Waals surface area (Å²) in [6.07, 6.45) is 0.428. The van der Waals surface area contributed by atoms with Crippen molar-refractivity contribution in [2.24, 2.45) is 0 Å². The van der Waals surface area contributed by atoms with Gasteiger partial charge in [0.1, 0.15) is 5.75 Å². The van der Waals surface area contributed by atoms with Crippen molar-refractivity contribution in [3.63, 3.8) is 0 Å². The fraction of sp³-hybridized carbons (Fsp3) is 0.125. The highest BCUT2D eigenvalue weighted by molar-refractivity contribution is 6.37. The van der Waals surface area contributed by atoms with Crippen LogP contribution in [-0.2, 0) is 0 Å². The number of hydrogen-bond acceptors (Lipinski definition) is 2. The van der Waals surface area contributed by atoms with Gasteiger partial charge in [-0.25, -0.2) is 0 Å². The van der Waals surface area contributed by atoms with Crippen LogP contribution in [0, 0.1) is 0 Å². The van der Waals surface area contributed by atoms with Gasteiger partial charge in [0.25, 0.3) is 0 Å². The molecule has 0 amide bonds. The molecule has 0 fully saturated rings. The summed E-state index contributed by atoms with van der Waals surface area (Å²) < 4.78 is 27.7. The van der Waals surface area contributed by atoms with Crippen molar-refractivity contribution in [2.45, 2.75) is 6.61 Å². The van der Waals surface area contributed by atoms with Gasteiger partial charge in [-0.05, 0) is 12.1 Å². The maximum Gasteiger partial charge on any atom is 0.387 e. The van der Waals surface area contributed by atoms with E-state index in [-0.39, 0.29) is 21.4 Å². The largest absolute Gasteiger partial charge is 0.433 e. The molecule has 0 heterocycles. The van der Waals surface area contributed by atoms with Crippen LogP contribution in [-0.4, -0.2) is 12.9 Å². The number of carbonyl (C=O) groups is 1. The van der Waals surface area contributed by atoms with E-state index in [2.05, 4.69) is 4.74 Å². The molecule has 0 atom stereocenters. The average Bonchev–Trinajstić information content (AvgIpc) is 2.09. The summed E-state index contributed by atoms with van der Waals surface area (Å²) in [6.45, 7) is -2.99. The maximum atomic E-state index is 11.8. The van der Waals surface area contributed by atoms with Gasteiger partial charge in [-0.15, -0.1) is 0 Å². The number of benzene rings is 1. The molecule has 0 spiro atoms. The molecule has 14 heavy (non-hydrogen) atoms. The van der Waals surface area contributed by atoms with E-state index in [1.54, 1.807) is 0 Å². The molecule has 0 radical (unpaired) electrons. The second kappa shape index (κ2) is 4.57. The molecule has 0 N–H and O–H groups in total. The first-order valence-electron chi connectivity index (χ1n) is 3.43. The Bertz CT molecular complexity index is 355.